The maximum atomic E-state index is 14.3. The topological polar surface area (TPSA) is 112 Å². The zero-order valence-corrected chi connectivity index (χ0v) is 23.0. The van der Waals surface area contributed by atoms with E-state index < -0.39 is 51.2 Å². The lowest BCUT2D eigenvalue weighted by Crippen LogP contribution is -2.70. The van der Waals surface area contributed by atoms with Crippen LogP contribution < -0.4 is 0 Å². The van der Waals surface area contributed by atoms with Crippen molar-refractivity contribution in [1.82, 2.24) is 0 Å². The molecule has 0 amide bonds. The van der Waals surface area contributed by atoms with E-state index >= 15 is 0 Å². The van der Waals surface area contributed by atoms with Crippen molar-refractivity contribution in [2.75, 3.05) is 0 Å². The highest BCUT2D eigenvalue weighted by atomic mass is 16.4. The molecule has 0 aromatic heterocycles. The molecule has 11 atom stereocenters. The summed E-state index contributed by atoms with van der Waals surface area (Å²) in [4.78, 5) is 40.2. The van der Waals surface area contributed by atoms with E-state index in [2.05, 4.69) is 34.6 Å². The van der Waals surface area contributed by atoms with Crippen LogP contribution in [-0.4, -0.2) is 45.1 Å². The van der Waals surface area contributed by atoms with Crippen LogP contribution in [0.25, 0.3) is 0 Å². The molecule has 5 aliphatic rings. The molecule has 0 radical (unpaired) electrons. The van der Waals surface area contributed by atoms with Gasteiger partial charge >= 0.3 is 5.97 Å². The average Bonchev–Trinajstić information content (AvgIpc) is 2.79. The molecule has 5 rings (SSSR count). The van der Waals surface area contributed by atoms with Crippen molar-refractivity contribution in [3.63, 3.8) is 0 Å². The van der Waals surface area contributed by atoms with Crippen LogP contribution in [0.4, 0.5) is 0 Å². The molecule has 36 heavy (non-hydrogen) atoms. The average molecular weight is 501 g/mol. The number of hydrogen-bond donors (Lipinski definition) is 3. The van der Waals surface area contributed by atoms with Gasteiger partial charge in [-0.15, -0.1) is 0 Å². The first-order valence-corrected chi connectivity index (χ1v) is 13.9. The van der Waals surface area contributed by atoms with Crippen LogP contribution in [0.2, 0.25) is 0 Å². The van der Waals surface area contributed by atoms with Crippen LogP contribution in [0.3, 0.4) is 0 Å². The van der Waals surface area contributed by atoms with Gasteiger partial charge in [-0.3, -0.25) is 14.4 Å². The summed E-state index contributed by atoms with van der Waals surface area (Å²) >= 11 is 0. The highest BCUT2D eigenvalue weighted by molar-refractivity contribution is 6.04. The molecular weight excluding hydrogens is 456 g/mol. The molecule has 0 aromatic carbocycles. The highest BCUT2D eigenvalue weighted by Crippen LogP contribution is 2.74. The van der Waals surface area contributed by atoms with Gasteiger partial charge in [-0.2, -0.15) is 0 Å². The number of aliphatic hydroxyl groups is 2. The van der Waals surface area contributed by atoms with Gasteiger partial charge in [0.1, 0.15) is 11.9 Å². The van der Waals surface area contributed by atoms with Gasteiger partial charge in [0, 0.05) is 28.7 Å². The van der Waals surface area contributed by atoms with E-state index in [1.165, 1.54) is 0 Å². The third-order valence-corrected chi connectivity index (χ3v) is 13.0. The third-order valence-electron chi connectivity index (χ3n) is 13.0. The number of carboxylic acid groups (broad SMARTS) is 1. The summed E-state index contributed by atoms with van der Waals surface area (Å²) in [6.07, 6.45) is 1.98. The Morgan fingerprint density at radius 1 is 0.917 bits per heavy atom. The summed E-state index contributed by atoms with van der Waals surface area (Å²) < 4.78 is 0. The number of aliphatic carboxylic acids is 1. The van der Waals surface area contributed by atoms with E-state index in [-0.39, 0.29) is 29.3 Å². The predicted molar refractivity (Wildman–Crippen MR) is 135 cm³/mol. The van der Waals surface area contributed by atoms with E-state index in [4.69, 9.17) is 0 Å². The molecule has 4 fully saturated rings. The van der Waals surface area contributed by atoms with Crippen LogP contribution >= 0.6 is 0 Å². The summed E-state index contributed by atoms with van der Waals surface area (Å²) in [7, 11) is 0. The Kier molecular flexibility index (Phi) is 5.46. The van der Waals surface area contributed by atoms with E-state index in [0.717, 1.165) is 5.57 Å². The first-order valence-electron chi connectivity index (χ1n) is 13.9. The maximum absolute atomic E-state index is 14.3. The Hall–Kier alpha value is -1.53. The van der Waals surface area contributed by atoms with Gasteiger partial charge in [-0.05, 0) is 86.5 Å². The summed E-state index contributed by atoms with van der Waals surface area (Å²) in [6, 6.07) is 0. The van der Waals surface area contributed by atoms with E-state index in [1.807, 2.05) is 6.92 Å². The minimum atomic E-state index is -1.32. The molecule has 0 bridgehead atoms. The van der Waals surface area contributed by atoms with Crippen LogP contribution in [0.15, 0.2) is 11.1 Å². The summed E-state index contributed by atoms with van der Waals surface area (Å²) in [6.45, 7) is 14.3. The van der Waals surface area contributed by atoms with Crippen molar-refractivity contribution in [3.8, 4) is 0 Å². The first-order chi connectivity index (χ1) is 16.5. The number of carbonyl (C=O) groups excluding carboxylic acids is 2. The minimum absolute atomic E-state index is 0.0886. The lowest BCUT2D eigenvalue weighted by Gasteiger charge is -2.70. The van der Waals surface area contributed by atoms with Gasteiger partial charge < -0.3 is 15.3 Å². The number of aliphatic hydroxyl groups excluding tert-OH is 2. The Morgan fingerprint density at radius 2 is 1.56 bits per heavy atom. The maximum Gasteiger partial charge on any atom is 0.312 e. The monoisotopic (exact) mass is 500 g/mol. The molecule has 5 aliphatic carbocycles. The van der Waals surface area contributed by atoms with Gasteiger partial charge in [0.2, 0.25) is 0 Å². The van der Waals surface area contributed by atoms with Crippen molar-refractivity contribution in [3.05, 3.63) is 11.1 Å². The Labute approximate surface area is 214 Å². The van der Waals surface area contributed by atoms with Gasteiger partial charge in [0.15, 0.2) is 5.78 Å². The SMILES string of the molecule is C[C@@H]1CC(=O)[C@]2(C)CC[C@]3(C)C(=C2[C@H]1C)C(=O)[C@@H](O)[C@@H]1[C@@]2(C)CC[C@H](O)[C@@](C)(C(=O)O)[C@@H]2CC[C@]13C. The summed E-state index contributed by atoms with van der Waals surface area (Å²) in [5.74, 6) is -1.55. The number of hydrogen-bond acceptors (Lipinski definition) is 5. The molecule has 0 aliphatic heterocycles. The Bertz CT molecular complexity index is 1080. The number of allylic oxidation sites excluding steroid dienone is 1. The number of carbonyl (C=O) groups is 3. The fourth-order valence-electron chi connectivity index (χ4n) is 10.4. The number of carboxylic acids is 1. The minimum Gasteiger partial charge on any atom is -0.481 e. The fraction of sp³-hybridized carbons (Fsp3) is 0.833. The lowest BCUT2D eigenvalue weighted by atomic mass is 9.33. The lowest BCUT2D eigenvalue weighted by molar-refractivity contribution is -0.234. The zero-order valence-electron chi connectivity index (χ0n) is 23.0. The quantitative estimate of drug-likeness (QED) is 0.487. The first kappa shape index (κ1) is 26.1. The number of rotatable bonds is 1. The van der Waals surface area contributed by atoms with Crippen LogP contribution in [0.5, 0.6) is 0 Å². The molecule has 6 nitrogen and oxygen atoms in total. The van der Waals surface area contributed by atoms with Gasteiger partial charge in [-0.25, -0.2) is 0 Å². The van der Waals surface area contributed by atoms with Crippen molar-refractivity contribution >= 4 is 17.5 Å². The highest BCUT2D eigenvalue weighted by Gasteiger charge is 2.73. The number of Topliss-reactive ketones (excluding diaryl/α,β-unsaturated/α-hetero) is 2. The summed E-state index contributed by atoms with van der Waals surface area (Å²) in [5.41, 5.74) is -1.84. The second-order valence-electron chi connectivity index (χ2n) is 14.3. The Morgan fingerprint density at radius 3 is 2.17 bits per heavy atom. The second-order valence-corrected chi connectivity index (χ2v) is 14.3. The Balaban J connectivity index is 1.72. The molecule has 0 heterocycles. The smallest absolute Gasteiger partial charge is 0.312 e. The normalized spacial score (nSPS) is 54.8. The predicted octanol–water partition coefficient (Wildman–Crippen LogP) is 4.56. The number of ketones is 2. The molecule has 0 saturated heterocycles. The standard InChI is InChI=1S/C30H44O6/c1-15-14-19(32)27(4)12-13-28(5)21(20(27)16(15)2)22(33)23(34)24-26(3)10-9-18(31)30(7,25(35)36)17(26)8-11-29(24,28)6/h15-18,23-24,31,34H,8-14H2,1-7H3,(H,35,36)/t15-,16+,17-,18+,23-,24-,26+,27+,28-,29-,30+/m1/s1. The third kappa shape index (κ3) is 2.73. The van der Waals surface area contributed by atoms with Gasteiger partial charge in [0.05, 0.1) is 11.5 Å². The molecular formula is C30H44O6. The largest absolute Gasteiger partial charge is 0.481 e. The van der Waals surface area contributed by atoms with Crippen molar-refractivity contribution in [2.45, 2.75) is 106 Å². The molecule has 0 unspecified atom stereocenters. The van der Waals surface area contributed by atoms with Crippen molar-refractivity contribution in [2.24, 2.45) is 50.7 Å². The van der Waals surface area contributed by atoms with Crippen LogP contribution in [0, 0.1) is 50.7 Å². The van der Waals surface area contributed by atoms with Crippen LogP contribution in [-0.2, 0) is 14.4 Å². The van der Waals surface area contributed by atoms with Gasteiger partial charge in [0.25, 0.3) is 0 Å². The molecule has 6 heteroatoms. The molecule has 4 saturated carbocycles. The zero-order chi connectivity index (χ0) is 26.8. The van der Waals surface area contributed by atoms with E-state index in [1.54, 1.807) is 6.92 Å². The van der Waals surface area contributed by atoms with Gasteiger partial charge in [-0.1, -0.05) is 34.6 Å². The number of fused-ring (bicyclic) bond motifs is 6. The van der Waals surface area contributed by atoms with Crippen LogP contribution in [0.1, 0.15) is 93.4 Å². The van der Waals surface area contributed by atoms with E-state index in [0.29, 0.717) is 50.5 Å². The molecule has 0 aromatic rings. The fourth-order valence-corrected chi connectivity index (χ4v) is 10.4. The molecule has 200 valence electrons. The molecule has 0 spiro atoms. The second kappa shape index (κ2) is 7.53. The summed E-state index contributed by atoms with van der Waals surface area (Å²) in [5, 5.41) is 33.0. The van der Waals surface area contributed by atoms with E-state index in [9.17, 15) is 29.7 Å². The molecule has 3 N–H and O–H groups in total. The van der Waals surface area contributed by atoms with Crippen molar-refractivity contribution in [1.29, 1.82) is 0 Å². The van der Waals surface area contributed by atoms with Crippen molar-refractivity contribution < 1.29 is 29.7 Å².